The predicted molar refractivity (Wildman–Crippen MR) is 106 cm³/mol. The fourth-order valence-corrected chi connectivity index (χ4v) is 3.27. The molecule has 0 saturated heterocycles. The summed E-state index contributed by atoms with van der Waals surface area (Å²) in [4.78, 5) is 31.2. The van der Waals surface area contributed by atoms with Gasteiger partial charge in [0.15, 0.2) is 6.61 Å². The van der Waals surface area contributed by atoms with E-state index in [2.05, 4.69) is 15.3 Å². The molecule has 11 nitrogen and oxygen atoms in total. The van der Waals surface area contributed by atoms with Crippen LogP contribution in [0.25, 0.3) is 0 Å². The first-order valence-corrected chi connectivity index (χ1v) is 10.3. The standard InChI is InChI=1S/C16H16Cl2N4O7S/c1-27-13-6-14(28-2)22-16(21-13)20-12(23)8-29-15(24)7-19-30(25,26)9-3-4-10(17)11(18)5-9/h3-6,19H,7-8H2,1-2H3,(H,20,21,22,23). The average Bonchev–Trinajstić information content (AvgIpc) is 2.72. The summed E-state index contributed by atoms with van der Waals surface area (Å²) in [7, 11) is -1.30. The van der Waals surface area contributed by atoms with E-state index in [0.29, 0.717) is 0 Å². The number of anilines is 1. The van der Waals surface area contributed by atoms with Crippen LogP contribution in [0.3, 0.4) is 0 Å². The smallest absolute Gasteiger partial charge is 0.321 e. The summed E-state index contributed by atoms with van der Waals surface area (Å²) in [6.07, 6.45) is 0. The maximum atomic E-state index is 12.2. The van der Waals surface area contributed by atoms with Gasteiger partial charge in [-0.1, -0.05) is 23.2 Å². The number of nitrogens with zero attached hydrogens (tertiary/aromatic N) is 2. The minimum atomic E-state index is -4.04. The van der Waals surface area contributed by atoms with E-state index in [-0.39, 0.29) is 32.6 Å². The number of aromatic nitrogens is 2. The second kappa shape index (κ2) is 10.4. The second-order valence-corrected chi connectivity index (χ2v) is 7.97. The van der Waals surface area contributed by atoms with Gasteiger partial charge < -0.3 is 14.2 Å². The van der Waals surface area contributed by atoms with E-state index in [4.69, 9.17) is 37.4 Å². The zero-order chi connectivity index (χ0) is 22.3. The number of hydrogen-bond acceptors (Lipinski definition) is 9. The van der Waals surface area contributed by atoms with E-state index in [1.165, 1.54) is 32.4 Å². The van der Waals surface area contributed by atoms with E-state index >= 15 is 0 Å². The number of carbonyl (C=O) groups excluding carboxylic acids is 2. The van der Waals surface area contributed by atoms with Crippen LogP contribution in [-0.4, -0.2) is 57.6 Å². The number of sulfonamides is 1. The van der Waals surface area contributed by atoms with Crippen LogP contribution in [-0.2, 0) is 24.3 Å². The molecule has 0 bridgehead atoms. The molecule has 14 heteroatoms. The summed E-state index contributed by atoms with van der Waals surface area (Å²) in [5.41, 5.74) is 0. The van der Waals surface area contributed by atoms with Crippen LogP contribution in [0.2, 0.25) is 10.0 Å². The van der Waals surface area contributed by atoms with Gasteiger partial charge in [0.25, 0.3) is 5.91 Å². The van der Waals surface area contributed by atoms with Crippen molar-refractivity contribution in [1.29, 1.82) is 0 Å². The monoisotopic (exact) mass is 478 g/mol. The molecule has 0 atom stereocenters. The molecule has 0 aliphatic heterocycles. The Labute approximate surface area is 181 Å². The van der Waals surface area contributed by atoms with Crippen molar-refractivity contribution in [3.05, 3.63) is 34.3 Å². The third-order valence-electron chi connectivity index (χ3n) is 3.32. The molecular formula is C16H16Cl2N4O7S. The highest BCUT2D eigenvalue weighted by Crippen LogP contribution is 2.24. The number of hydrogen-bond donors (Lipinski definition) is 2. The van der Waals surface area contributed by atoms with Crippen LogP contribution >= 0.6 is 23.2 Å². The summed E-state index contributed by atoms with van der Waals surface area (Å²) in [5.74, 6) is -1.59. The number of benzene rings is 1. The minimum Gasteiger partial charge on any atom is -0.481 e. The van der Waals surface area contributed by atoms with E-state index < -0.39 is 35.1 Å². The van der Waals surface area contributed by atoms with Crippen LogP contribution < -0.4 is 19.5 Å². The predicted octanol–water partition coefficient (Wildman–Crippen LogP) is 1.26. The van der Waals surface area contributed by atoms with Crippen molar-refractivity contribution >= 4 is 51.0 Å². The number of methoxy groups -OCH3 is 2. The first-order valence-electron chi connectivity index (χ1n) is 8.02. The number of rotatable bonds is 9. The molecular weight excluding hydrogens is 463 g/mol. The summed E-state index contributed by atoms with van der Waals surface area (Å²) >= 11 is 11.5. The largest absolute Gasteiger partial charge is 0.481 e. The fraction of sp³-hybridized carbons (Fsp3) is 0.250. The minimum absolute atomic E-state index is 0.0372. The molecule has 0 saturated carbocycles. The van der Waals surface area contributed by atoms with Gasteiger partial charge >= 0.3 is 5.97 Å². The molecule has 2 N–H and O–H groups in total. The Balaban J connectivity index is 1.87. The second-order valence-electron chi connectivity index (χ2n) is 5.39. The number of ether oxygens (including phenoxy) is 3. The summed E-state index contributed by atoms with van der Waals surface area (Å²) in [6, 6.07) is 5.05. The van der Waals surface area contributed by atoms with Crippen molar-refractivity contribution in [2.75, 3.05) is 32.7 Å². The van der Waals surface area contributed by atoms with Gasteiger partial charge in [0.1, 0.15) is 6.54 Å². The number of amides is 1. The highest BCUT2D eigenvalue weighted by Gasteiger charge is 2.18. The summed E-state index contributed by atoms with van der Waals surface area (Å²) < 4.78 is 41.0. The summed E-state index contributed by atoms with van der Waals surface area (Å²) in [5, 5.41) is 2.51. The van der Waals surface area contributed by atoms with Gasteiger partial charge in [0, 0.05) is 0 Å². The third kappa shape index (κ3) is 6.69. The van der Waals surface area contributed by atoms with Gasteiger partial charge in [-0.3, -0.25) is 14.9 Å². The molecule has 0 aliphatic rings. The van der Waals surface area contributed by atoms with Crippen LogP contribution in [0.1, 0.15) is 0 Å². The van der Waals surface area contributed by atoms with Crippen LogP contribution in [0.5, 0.6) is 11.8 Å². The van der Waals surface area contributed by atoms with Gasteiger partial charge in [-0.25, -0.2) is 8.42 Å². The van der Waals surface area contributed by atoms with Crippen LogP contribution in [0.4, 0.5) is 5.95 Å². The molecule has 2 aromatic rings. The maximum absolute atomic E-state index is 12.2. The van der Waals surface area contributed by atoms with Crippen LogP contribution in [0, 0.1) is 0 Å². The Kier molecular flexibility index (Phi) is 8.17. The molecule has 0 fully saturated rings. The molecule has 1 heterocycles. The Morgan fingerprint density at radius 1 is 1.03 bits per heavy atom. The first-order chi connectivity index (χ1) is 14.1. The Morgan fingerprint density at radius 3 is 2.23 bits per heavy atom. The molecule has 2 rings (SSSR count). The topological polar surface area (TPSA) is 146 Å². The van der Waals surface area contributed by atoms with Crippen molar-refractivity contribution in [2.45, 2.75) is 4.90 Å². The molecule has 0 spiro atoms. The molecule has 1 aromatic carbocycles. The Bertz CT molecular complexity index is 1030. The maximum Gasteiger partial charge on any atom is 0.321 e. The normalized spacial score (nSPS) is 10.9. The zero-order valence-corrected chi connectivity index (χ0v) is 18.0. The average molecular weight is 479 g/mol. The van der Waals surface area contributed by atoms with Crippen molar-refractivity contribution in [3.8, 4) is 11.8 Å². The van der Waals surface area contributed by atoms with Crippen LogP contribution in [0.15, 0.2) is 29.2 Å². The lowest BCUT2D eigenvalue weighted by Gasteiger charge is -2.09. The van der Waals surface area contributed by atoms with Gasteiger partial charge in [0.2, 0.25) is 27.7 Å². The molecule has 1 amide bonds. The SMILES string of the molecule is COc1cc(OC)nc(NC(=O)COC(=O)CNS(=O)(=O)c2ccc(Cl)c(Cl)c2)n1. The number of halogens is 2. The number of nitrogens with one attached hydrogen (secondary N) is 2. The fourth-order valence-electron chi connectivity index (χ4n) is 1.91. The molecule has 0 aliphatic carbocycles. The van der Waals surface area contributed by atoms with Gasteiger partial charge in [0.05, 0.1) is 35.2 Å². The molecule has 30 heavy (non-hydrogen) atoms. The number of esters is 1. The van der Waals surface area contributed by atoms with E-state index in [0.717, 1.165) is 6.07 Å². The first kappa shape index (κ1) is 23.6. The Morgan fingerprint density at radius 2 is 1.67 bits per heavy atom. The van der Waals surface area contributed by atoms with Gasteiger partial charge in [-0.2, -0.15) is 14.7 Å². The summed E-state index contributed by atoms with van der Waals surface area (Å²) in [6.45, 7) is -1.41. The molecule has 0 radical (unpaired) electrons. The van der Waals surface area contributed by atoms with E-state index in [1.54, 1.807) is 0 Å². The zero-order valence-electron chi connectivity index (χ0n) is 15.6. The van der Waals surface area contributed by atoms with Crippen molar-refractivity contribution in [2.24, 2.45) is 0 Å². The van der Waals surface area contributed by atoms with E-state index in [1.807, 2.05) is 4.72 Å². The van der Waals surface area contributed by atoms with Gasteiger partial charge in [-0.15, -0.1) is 0 Å². The van der Waals surface area contributed by atoms with Crippen molar-refractivity contribution in [1.82, 2.24) is 14.7 Å². The highest BCUT2D eigenvalue weighted by molar-refractivity contribution is 7.89. The lowest BCUT2D eigenvalue weighted by Crippen LogP contribution is -2.32. The van der Waals surface area contributed by atoms with Crippen molar-refractivity contribution < 1.29 is 32.2 Å². The van der Waals surface area contributed by atoms with Gasteiger partial charge in [-0.05, 0) is 18.2 Å². The molecule has 1 aromatic heterocycles. The molecule has 0 unspecified atom stereocenters. The quantitative estimate of drug-likeness (QED) is 0.508. The third-order valence-corrected chi connectivity index (χ3v) is 5.46. The van der Waals surface area contributed by atoms with E-state index in [9.17, 15) is 18.0 Å². The highest BCUT2D eigenvalue weighted by atomic mass is 35.5. The lowest BCUT2D eigenvalue weighted by atomic mass is 10.4. The Hall–Kier alpha value is -2.67. The van der Waals surface area contributed by atoms with Crippen molar-refractivity contribution in [3.63, 3.8) is 0 Å². The number of carbonyl (C=O) groups is 2. The lowest BCUT2D eigenvalue weighted by molar-refractivity contribution is -0.146. The molecule has 162 valence electrons.